The molecule has 1 aromatic rings. The van der Waals surface area contributed by atoms with Crippen molar-refractivity contribution in [3.05, 3.63) is 23.9 Å². The number of pyridine rings is 1. The molecule has 0 aromatic carbocycles. The molecular formula is C17H29N3O. The molecule has 0 aliphatic carbocycles. The Kier molecular flexibility index (Phi) is 6.00. The van der Waals surface area contributed by atoms with Crippen LogP contribution in [0, 0.1) is 5.92 Å². The fraction of sp³-hybridized carbons (Fsp3) is 0.706. The van der Waals surface area contributed by atoms with Crippen molar-refractivity contribution in [2.75, 3.05) is 20.2 Å². The number of methoxy groups -OCH3 is 1. The van der Waals surface area contributed by atoms with Gasteiger partial charge in [0.05, 0.1) is 7.11 Å². The van der Waals surface area contributed by atoms with E-state index in [0.29, 0.717) is 18.0 Å². The molecule has 1 aliphatic rings. The predicted octanol–water partition coefficient (Wildman–Crippen LogP) is 2.69. The predicted molar refractivity (Wildman–Crippen MR) is 86.5 cm³/mol. The van der Waals surface area contributed by atoms with Gasteiger partial charge in [0.2, 0.25) is 5.88 Å². The number of aromatic nitrogens is 1. The number of piperazine rings is 1. The summed E-state index contributed by atoms with van der Waals surface area (Å²) >= 11 is 0. The van der Waals surface area contributed by atoms with Crippen LogP contribution in [-0.4, -0.2) is 42.2 Å². The Hall–Kier alpha value is -1.13. The molecule has 3 atom stereocenters. The highest BCUT2D eigenvalue weighted by Crippen LogP contribution is 2.22. The van der Waals surface area contributed by atoms with Crippen LogP contribution >= 0.6 is 0 Å². The fourth-order valence-electron chi connectivity index (χ4n) is 3.09. The van der Waals surface area contributed by atoms with Crippen LogP contribution < -0.4 is 10.1 Å². The topological polar surface area (TPSA) is 37.4 Å². The number of ether oxygens (including phenoxy) is 1. The van der Waals surface area contributed by atoms with E-state index in [4.69, 9.17) is 4.74 Å². The van der Waals surface area contributed by atoms with Crippen molar-refractivity contribution in [2.45, 2.75) is 52.2 Å². The molecule has 0 bridgehead atoms. The second kappa shape index (κ2) is 7.76. The van der Waals surface area contributed by atoms with Gasteiger partial charge >= 0.3 is 0 Å². The second-order valence-corrected chi connectivity index (χ2v) is 6.06. The average Bonchev–Trinajstić information content (AvgIpc) is 2.54. The van der Waals surface area contributed by atoms with Crippen molar-refractivity contribution in [1.29, 1.82) is 0 Å². The maximum atomic E-state index is 5.40. The van der Waals surface area contributed by atoms with E-state index in [1.165, 1.54) is 18.4 Å². The van der Waals surface area contributed by atoms with Gasteiger partial charge in [-0.3, -0.25) is 4.90 Å². The van der Waals surface area contributed by atoms with E-state index in [0.717, 1.165) is 25.5 Å². The lowest BCUT2D eigenvalue weighted by molar-refractivity contribution is 0.0982. The summed E-state index contributed by atoms with van der Waals surface area (Å²) in [4.78, 5) is 6.91. The van der Waals surface area contributed by atoms with Crippen LogP contribution in [0.15, 0.2) is 18.3 Å². The quantitative estimate of drug-likeness (QED) is 0.874. The Morgan fingerprint density at radius 3 is 2.95 bits per heavy atom. The van der Waals surface area contributed by atoms with Crippen LogP contribution in [0.2, 0.25) is 0 Å². The molecule has 0 saturated carbocycles. The summed E-state index contributed by atoms with van der Waals surface area (Å²) < 4.78 is 5.40. The monoisotopic (exact) mass is 291 g/mol. The Morgan fingerprint density at radius 1 is 1.48 bits per heavy atom. The third-order valence-corrected chi connectivity index (χ3v) is 4.78. The van der Waals surface area contributed by atoms with Crippen LogP contribution in [0.1, 0.15) is 39.2 Å². The first kappa shape index (κ1) is 16.2. The zero-order valence-corrected chi connectivity index (χ0v) is 13.8. The zero-order valence-electron chi connectivity index (χ0n) is 13.8. The van der Waals surface area contributed by atoms with Gasteiger partial charge in [-0.1, -0.05) is 33.3 Å². The highest BCUT2D eigenvalue weighted by atomic mass is 16.5. The number of hydrogen-bond acceptors (Lipinski definition) is 4. The summed E-state index contributed by atoms with van der Waals surface area (Å²) in [5.74, 6) is 1.46. The molecule has 21 heavy (non-hydrogen) atoms. The molecule has 3 unspecified atom stereocenters. The Bertz CT molecular complexity index is 438. The van der Waals surface area contributed by atoms with E-state index in [1.54, 1.807) is 13.3 Å². The van der Waals surface area contributed by atoms with Crippen molar-refractivity contribution in [1.82, 2.24) is 15.2 Å². The molecule has 0 radical (unpaired) electrons. The lowest BCUT2D eigenvalue weighted by atomic mass is 9.94. The van der Waals surface area contributed by atoms with Crippen molar-refractivity contribution >= 4 is 0 Å². The van der Waals surface area contributed by atoms with Gasteiger partial charge in [0, 0.05) is 43.5 Å². The van der Waals surface area contributed by atoms with E-state index < -0.39 is 0 Å². The summed E-state index contributed by atoms with van der Waals surface area (Å²) in [7, 11) is 1.70. The first-order valence-electron chi connectivity index (χ1n) is 8.14. The molecule has 1 fully saturated rings. The van der Waals surface area contributed by atoms with Crippen LogP contribution in [0.3, 0.4) is 0 Å². The summed E-state index contributed by atoms with van der Waals surface area (Å²) in [6.07, 6.45) is 4.18. The highest BCUT2D eigenvalue weighted by Gasteiger charge is 2.29. The molecule has 1 aliphatic heterocycles. The molecule has 0 spiro atoms. The minimum Gasteiger partial charge on any atom is -0.481 e. The third kappa shape index (κ3) is 3.95. The summed E-state index contributed by atoms with van der Waals surface area (Å²) in [6, 6.07) is 5.29. The van der Waals surface area contributed by atoms with E-state index in [9.17, 15) is 0 Å². The van der Waals surface area contributed by atoms with Gasteiger partial charge in [-0.25, -0.2) is 4.98 Å². The second-order valence-electron chi connectivity index (χ2n) is 6.06. The summed E-state index contributed by atoms with van der Waals surface area (Å²) in [6.45, 7) is 9.98. The van der Waals surface area contributed by atoms with Crippen LogP contribution in [-0.2, 0) is 6.54 Å². The minimum atomic E-state index is 0.584. The van der Waals surface area contributed by atoms with Gasteiger partial charge < -0.3 is 10.1 Å². The number of nitrogens with zero attached hydrogens (tertiary/aromatic N) is 2. The number of rotatable bonds is 6. The standard InChI is InChI=1S/C17H29N3O/c1-5-13(3)16-12-20(15(6-2)10-19-16)11-14-8-7-9-18-17(14)21-4/h7-9,13,15-16,19H,5-6,10-12H2,1-4H3. The minimum absolute atomic E-state index is 0.584. The van der Waals surface area contributed by atoms with Crippen LogP contribution in [0.4, 0.5) is 0 Å². The number of nitrogens with one attached hydrogen (secondary N) is 1. The van der Waals surface area contributed by atoms with E-state index in [1.807, 2.05) is 6.07 Å². The molecule has 1 saturated heterocycles. The molecule has 118 valence electrons. The Balaban J connectivity index is 2.10. The van der Waals surface area contributed by atoms with E-state index >= 15 is 0 Å². The van der Waals surface area contributed by atoms with Gasteiger partial charge in [-0.2, -0.15) is 0 Å². The Morgan fingerprint density at radius 2 is 2.29 bits per heavy atom. The van der Waals surface area contributed by atoms with Crippen LogP contribution in [0.25, 0.3) is 0 Å². The highest BCUT2D eigenvalue weighted by molar-refractivity contribution is 5.25. The molecule has 1 N–H and O–H groups in total. The SMILES string of the molecule is CCC(C)C1CN(Cc2cccnc2OC)C(CC)CN1. The molecular weight excluding hydrogens is 262 g/mol. The van der Waals surface area contributed by atoms with Crippen molar-refractivity contribution in [3.63, 3.8) is 0 Å². The normalized spacial score (nSPS) is 24.8. The van der Waals surface area contributed by atoms with Crippen molar-refractivity contribution in [2.24, 2.45) is 5.92 Å². The molecule has 1 aromatic heterocycles. The van der Waals surface area contributed by atoms with Gasteiger partial charge in [-0.05, 0) is 18.4 Å². The molecule has 2 rings (SSSR count). The van der Waals surface area contributed by atoms with Crippen LogP contribution in [0.5, 0.6) is 5.88 Å². The third-order valence-electron chi connectivity index (χ3n) is 4.78. The maximum absolute atomic E-state index is 5.40. The van der Waals surface area contributed by atoms with Gasteiger partial charge in [0.15, 0.2) is 0 Å². The molecule has 4 heteroatoms. The first-order valence-corrected chi connectivity index (χ1v) is 8.14. The Labute approximate surface area is 128 Å². The largest absolute Gasteiger partial charge is 0.481 e. The maximum Gasteiger partial charge on any atom is 0.217 e. The fourth-order valence-corrected chi connectivity index (χ4v) is 3.09. The van der Waals surface area contributed by atoms with E-state index in [-0.39, 0.29) is 0 Å². The number of hydrogen-bond donors (Lipinski definition) is 1. The summed E-state index contributed by atoms with van der Waals surface area (Å²) in [5, 5.41) is 3.73. The smallest absolute Gasteiger partial charge is 0.217 e. The molecule has 2 heterocycles. The van der Waals surface area contributed by atoms with Gasteiger partial charge in [0.25, 0.3) is 0 Å². The average molecular weight is 291 g/mol. The van der Waals surface area contributed by atoms with Gasteiger partial charge in [0.1, 0.15) is 0 Å². The molecule has 4 nitrogen and oxygen atoms in total. The summed E-state index contributed by atoms with van der Waals surface area (Å²) in [5.41, 5.74) is 1.18. The lowest BCUT2D eigenvalue weighted by Crippen LogP contribution is -2.57. The van der Waals surface area contributed by atoms with E-state index in [2.05, 4.69) is 42.0 Å². The van der Waals surface area contributed by atoms with Crippen molar-refractivity contribution < 1.29 is 4.74 Å². The zero-order chi connectivity index (χ0) is 15.2. The lowest BCUT2D eigenvalue weighted by Gasteiger charge is -2.42. The first-order chi connectivity index (χ1) is 10.2. The van der Waals surface area contributed by atoms with Gasteiger partial charge in [-0.15, -0.1) is 0 Å². The molecule has 0 amide bonds. The van der Waals surface area contributed by atoms with Crippen molar-refractivity contribution in [3.8, 4) is 5.88 Å².